The van der Waals surface area contributed by atoms with Gasteiger partial charge in [0.15, 0.2) is 0 Å². The molecule has 1 atom stereocenters. The van der Waals surface area contributed by atoms with Crippen LogP contribution in [0.5, 0.6) is 0 Å². The molecule has 0 bridgehead atoms. The number of sulfonamides is 1. The second kappa shape index (κ2) is 5.42. The van der Waals surface area contributed by atoms with Crippen molar-refractivity contribution in [1.29, 1.82) is 0 Å². The van der Waals surface area contributed by atoms with Crippen LogP contribution in [0.15, 0.2) is 29.2 Å². The Morgan fingerprint density at radius 1 is 1.40 bits per heavy atom. The first kappa shape index (κ1) is 15.4. The second-order valence-corrected chi connectivity index (χ2v) is 8.04. The van der Waals surface area contributed by atoms with Crippen LogP contribution in [0.4, 0.5) is 0 Å². The zero-order valence-corrected chi connectivity index (χ0v) is 13.4. The molecule has 1 aromatic rings. The maximum Gasteiger partial charge on any atom is 0.241 e. The monoisotopic (exact) mass is 312 g/mol. The summed E-state index contributed by atoms with van der Waals surface area (Å²) in [5.74, 6) is 0. The van der Waals surface area contributed by atoms with E-state index in [2.05, 4.69) is 18.6 Å². The summed E-state index contributed by atoms with van der Waals surface area (Å²) in [6, 6.07) is 6.53. The van der Waals surface area contributed by atoms with E-state index in [1.807, 2.05) is 0 Å². The van der Waals surface area contributed by atoms with Crippen molar-refractivity contribution in [3.8, 4) is 0 Å². The molecule has 2 rings (SSSR count). The lowest BCUT2D eigenvalue weighted by molar-refractivity contribution is 0.313. The van der Waals surface area contributed by atoms with Gasteiger partial charge in [-0.15, -0.1) is 0 Å². The molecule has 0 aliphatic heterocycles. The maximum atomic E-state index is 12.6. The van der Waals surface area contributed by atoms with Crippen LogP contribution in [0.3, 0.4) is 0 Å². The van der Waals surface area contributed by atoms with Crippen LogP contribution in [-0.4, -0.2) is 19.4 Å². The summed E-state index contributed by atoms with van der Waals surface area (Å²) in [5.41, 5.74) is 5.98. The van der Waals surface area contributed by atoms with E-state index >= 15 is 0 Å². The lowest BCUT2D eigenvalue weighted by atomic mass is 9.88. The largest absolute Gasteiger partial charge is 0.389 e. The van der Waals surface area contributed by atoms with Gasteiger partial charge in [0, 0.05) is 11.6 Å². The molecule has 1 aromatic carbocycles. The molecule has 0 spiro atoms. The van der Waals surface area contributed by atoms with Crippen LogP contribution in [0.1, 0.15) is 38.7 Å². The van der Waals surface area contributed by atoms with Crippen LogP contribution in [0.2, 0.25) is 0 Å². The van der Waals surface area contributed by atoms with Crippen molar-refractivity contribution < 1.29 is 8.42 Å². The van der Waals surface area contributed by atoms with Crippen LogP contribution in [-0.2, 0) is 10.0 Å². The molecule has 0 amide bonds. The average Bonchev–Trinajstić information content (AvgIpc) is 2.68. The number of benzene rings is 1. The molecule has 20 heavy (non-hydrogen) atoms. The van der Waals surface area contributed by atoms with Gasteiger partial charge in [-0.05, 0) is 24.3 Å². The van der Waals surface area contributed by atoms with E-state index in [-0.39, 0.29) is 21.3 Å². The van der Waals surface area contributed by atoms with Gasteiger partial charge in [0.25, 0.3) is 0 Å². The molecule has 1 unspecified atom stereocenters. The Morgan fingerprint density at radius 3 is 2.60 bits per heavy atom. The zero-order valence-electron chi connectivity index (χ0n) is 11.7. The summed E-state index contributed by atoms with van der Waals surface area (Å²) in [4.78, 5) is 0.256. The van der Waals surface area contributed by atoms with Gasteiger partial charge in [-0.1, -0.05) is 50.7 Å². The minimum absolute atomic E-state index is 0.0226. The van der Waals surface area contributed by atoms with Crippen molar-refractivity contribution in [2.24, 2.45) is 11.1 Å². The Kier molecular flexibility index (Phi) is 4.18. The van der Waals surface area contributed by atoms with Gasteiger partial charge < -0.3 is 5.73 Å². The molecule has 0 saturated heterocycles. The van der Waals surface area contributed by atoms with Crippen molar-refractivity contribution in [2.45, 2.75) is 44.0 Å². The SMILES string of the molecule is CC1(C)CCCC1NS(=O)(=O)c1ccccc1C(N)=S. The highest BCUT2D eigenvalue weighted by Gasteiger charge is 2.37. The molecule has 1 saturated carbocycles. The lowest BCUT2D eigenvalue weighted by Crippen LogP contribution is -2.41. The topological polar surface area (TPSA) is 72.2 Å². The minimum Gasteiger partial charge on any atom is -0.389 e. The summed E-state index contributed by atoms with van der Waals surface area (Å²) in [5, 5.41) is 0. The normalized spacial score (nSPS) is 21.8. The Morgan fingerprint density at radius 2 is 2.05 bits per heavy atom. The molecule has 1 aliphatic rings. The van der Waals surface area contributed by atoms with Crippen LogP contribution in [0, 0.1) is 5.41 Å². The van der Waals surface area contributed by atoms with E-state index in [1.54, 1.807) is 24.3 Å². The van der Waals surface area contributed by atoms with Crippen LogP contribution >= 0.6 is 12.2 Å². The van der Waals surface area contributed by atoms with E-state index in [0.717, 1.165) is 19.3 Å². The highest BCUT2D eigenvalue weighted by atomic mass is 32.2. The molecule has 0 heterocycles. The van der Waals surface area contributed by atoms with Gasteiger partial charge in [-0.3, -0.25) is 0 Å². The minimum atomic E-state index is -3.61. The zero-order chi connectivity index (χ0) is 15.0. The lowest BCUT2D eigenvalue weighted by Gasteiger charge is -2.27. The van der Waals surface area contributed by atoms with Crippen molar-refractivity contribution in [2.75, 3.05) is 0 Å². The molecule has 3 N–H and O–H groups in total. The molecule has 6 heteroatoms. The van der Waals surface area contributed by atoms with Gasteiger partial charge in [0.1, 0.15) is 4.99 Å². The van der Waals surface area contributed by atoms with Gasteiger partial charge in [0.05, 0.1) is 4.90 Å². The quantitative estimate of drug-likeness (QED) is 0.836. The molecule has 0 aromatic heterocycles. The third-order valence-electron chi connectivity index (χ3n) is 4.00. The van der Waals surface area contributed by atoms with Crippen LogP contribution in [0.25, 0.3) is 0 Å². The smallest absolute Gasteiger partial charge is 0.241 e. The van der Waals surface area contributed by atoms with E-state index in [0.29, 0.717) is 5.56 Å². The molecule has 0 radical (unpaired) electrons. The van der Waals surface area contributed by atoms with E-state index < -0.39 is 10.0 Å². The number of nitrogens with one attached hydrogen (secondary N) is 1. The number of thiocarbonyl (C=S) groups is 1. The number of rotatable bonds is 4. The predicted molar refractivity (Wildman–Crippen MR) is 84.1 cm³/mol. The first-order chi connectivity index (χ1) is 9.24. The number of nitrogens with two attached hydrogens (primary N) is 1. The van der Waals surface area contributed by atoms with Gasteiger partial charge in [-0.2, -0.15) is 0 Å². The van der Waals surface area contributed by atoms with Crippen LogP contribution < -0.4 is 10.5 Å². The van der Waals surface area contributed by atoms with Gasteiger partial charge >= 0.3 is 0 Å². The van der Waals surface area contributed by atoms with Gasteiger partial charge in [-0.25, -0.2) is 13.1 Å². The Bertz CT molecular complexity index is 624. The highest BCUT2D eigenvalue weighted by molar-refractivity contribution is 7.89. The molecule has 1 aliphatic carbocycles. The Labute approximate surface area is 125 Å². The standard InChI is InChI=1S/C14H20N2O2S2/c1-14(2)9-5-8-12(14)16-20(17,18)11-7-4-3-6-10(11)13(15)19/h3-4,6-7,12,16H,5,8-9H2,1-2H3,(H2,15,19). The average molecular weight is 312 g/mol. The fourth-order valence-electron chi connectivity index (χ4n) is 2.70. The first-order valence-electron chi connectivity index (χ1n) is 6.65. The summed E-state index contributed by atoms with van der Waals surface area (Å²) in [7, 11) is -3.61. The fourth-order valence-corrected chi connectivity index (χ4v) is 4.61. The van der Waals surface area contributed by atoms with Crippen molar-refractivity contribution in [1.82, 2.24) is 4.72 Å². The van der Waals surface area contributed by atoms with Crippen molar-refractivity contribution >= 4 is 27.2 Å². The Hall–Kier alpha value is -0.980. The molecule has 1 fully saturated rings. The number of hydrogen-bond acceptors (Lipinski definition) is 3. The molecular formula is C14H20N2O2S2. The fraction of sp³-hybridized carbons (Fsp3) is 0.500. The Balaban J connectivity index is 2.34. The third kappa shape index (κ3) is 3.02. The first-order valence-corrected chi connectivity index (χ1v) is 8.54. The predicted octanol–water partition coefficient (Wildman–Crippen LogP) is 2.18. The van der Waals surface area contributed by atoms with Gasteiger partial charge in [0.2, 0.25) is 10.0 Å². The van der Waals surface area contributed by atoms with Crippen molar-refractivity contribution in [3.05, 3.63) is 29.8 Å². The summed E-state index contributed by atoms with van der Waals surface area (Å²) in [6.45, 7) is 4.18. The molecule has 4 nitrogen and oxygen atoms in total. The molecule has 110 valence electrons. The summed E-state index contributed by atoms with van der Waals surface area (Å²) >= 11 is 4.93. The second-order valence-electron chi connectivity index (χ2n) is 5.92. The summed E-state index contributed by atoms with van der Waals surface area (Å²) < 4.78 is 28.0. The van der Waals surface area contributed by atoms with E-state index in [1.165, 1.54) is 0 Å². The van der Waals surface area contributed by atoms with E-state index in [4.69, 9.17) is 18.0 Å². The molecular weight excluding hydrogens is 292 g/mol. The highest BCUT2D eigenvalue weighted by Crippen LogP contribution is 2.38. The van der Waals surface area contributed by atoms with Crippen molar-refractivity contribution in [3.63, 3.8) is 0 Å². The third-order valence-corrected chi connectivity index (χ3v) is 5.75. The number of hydrogen-bond donors (Lipinski definition) is 2. The summed E-state index contributed by atoms with van der Waals surface area (Å²) in [6.07, 6.45) is 2.93. The van der Waals surface area contributed by atoms with E-state index in [9.17, 15) is 8.42 Å². The maximum absolute atomic E-state index is 12.6.